The van der Waals surface area contributed by atoms with Gasteiger partial charge in [0.2, 0.25) is 11.7 Å². The Morgan fingerprint density at radius 3 is 2.82 bits per heavy atom. The summed E-state index contributed by atoms with van der Waals surface area (Å²) in [7, 11) is 0. The summed E-state index contributed by atoms with van der Waals surface area (Å²) in [5.74, 6) is 1.76. The first-order valence-corrected chi connectivity index (χ1v) is 10.3. The molecule has 0 atom stereocenters. The summed E-state index contributed by atoms with van der Waals surface area (Å²) in [4.78, 5) is 7.17. The summed E-state index contributed by atoms with van der Waals surface area (Å²) in [5, 5.41) is 9.86. The number of aromatic nitrogens is 4. The maximum absolute atomic E-state index is 5.64. The lowest BCUT2D eigenvalue weighted by atomic mass is 9.97. The first kappa shape index (κ1) is 19.1. The number of piperidine rings is 1. The summed E-state index contributed by atoms with van der Waals surface area (Å²) in [6.45, 7) is 11.0. The number of hydrogen-bond donors (Lipinski definition) is 0. The van der Waals surface area contributed by atoms with Gasteiger partial charge in [-0.25, -0.2) is 0 Å². The Labute approximate surface area is 165 Å². The highest BCUT2D eigenvalue weighted by molar-refractivity contribution is 5.83. The largest absolute Gasteiger partial charge is 0.380 e. The molecule has 0 spiro atoms. The molecule has 0 aliphatic carbocycles. The fourth-order valence-electron chi connectivity index (χ4n) is 3.85. The van der Waals surface area contributed by atoms with Gasteiger partial charge in [-0.2, -0.15) is 10.1 Å². The number of fused-ring (bicyclic) bond motifs is 1. The van der Waals surface area contributed by atoms with Gasteiger partial charge in [0, 0.05) is 36.1 Å². The van der Waals surface area contributed by atoms with E-state index in [1.165, 1.54) is 0 Å². The first-order valence-electron chi connectivity index (χ1n) is 10.3. The third kappa shape index (κ3) is 3.95. The highest BCUT2D eigenvalue weighted by Gasteiger charge is 2.25. The van der Waals surface area contributed by atoms with Crippen molar-refractivity contribution in [2.45, 2.75) is 45.6 Å². The normalized spacial score (nSPS) is 16.4. The maximum atomic E-state index is 5.64. The standard InChI is InChI=1S/C21H29N5O2/c1-4-27-12-11-25-9-7-16(8-10-25)21-23-20(24-28-21)17-5-6-18-14-22-26(15(2)3)19(18)13-17/h5-6,13-16H,4,7-12H2,1-3H3. The molecule has 150 valence electrons. The predicted octanol–water partition coefficient (Wildman–Crippen LogP) is 3.88. The van der Waals surface area contributed by atoms with Gasteiger partial charge in [0.25, 0.3) is 0 Å². The zero-order valence-corrected chi connectivity index (χ0v) is 17.0. The van der Waals surface area contributed by atoms with E-state index in [9.17, 15) is 0 Å². The second kappa shape index (κ2) is 8.41. The van der Waals surface area contributed by atoms with E-state index in [2.05, 4.69) is 41.1 Å². The molecule has 4 rings (SSSR count). The Hall–Kier alpha value is -2.25. The molecular formula is C21H29N5O2. The minimum absolute atomic E-state index is 0.307. The summed E-state index contributed by atoms with van der Waals surface area (Å²) in [6.07, 6.45) is 4.00. The topological polar surface area (TPSA) is 69.2 Å². The number of nitrogens with zero attached hydrogens (tertiary/aromatic N) is 5. The number of likely N-dealkylation sites (tertiary alicyclic amines) is 1. The van der Waals surface area contributed by atoms with Gasteiger partial charge in [0.15, 0.2) is 0 Å². The van der Waals surface area contributed by atoms with Crippen molar-refractivity contribution in [3.8, 4) is 11.4 Å². The fourth-order valence-corrected chi connectivity index (χ4v) is 3.85. The summed E-state index contributed by atoms with van der Waals surface area (Å²) >= 11 is 0. The lowest BCUT2D eigenvalue weighted by Crippen LogP contribution is -2.35. The molecule has 1 fully saturated rings. The van der Waals surface area contributed by atoms with Crippen molar-refractivity contribution in [1.29, 1.82) is 0 Å². The van der Waals surface area contributed by atoms with E-state index in [-0.39, 0.29) is 0 Å². The smallest absolute Gasteiger partial charge is 0.230 e. The molecule has 0 radical (unpaired) electrons. The van der Waals surface area contributed by atoms with Crippen LogP contribution in [0, 0.1) is 0 Å². The molecule has 1 aliphatic rings. The Morgan fingerprint density at radius 2 is 2.07 bits per heavy atom. The van der Waals surface area contributed by atoms with Crippen molar-refractivity contribution in [3.05, 3.63) is 30.3 Å². The van der Waals surface area contributed by atoms with Gasteiger partial charge < -0.3 is 14.2 Å². The van der Waals surface area contributed by atoms with Crippen LogP contribution in [0.1, 0.15) is 51.5 Å². The first-order chi connectivity index (χ1) is 13.7. The molecule has 0 saturated carbocycles. The lowest BCUT2D eigenvalue weighted by molar-refractivity contribution is 0.0996. The van der Waals surface area contributed by atoms with Gasteiger partial charge in [0.1, 0.15) is 0 Å². The molecule has 1 aromatic carbocycles. The van der Waals surface area contributed by atoms with Crippen LogP contribution in [0.15, 0.2) is 28.9 Å². The van der Waals surface area contributed by atoms with Gasteiger partial charge >= 0.3 is 0 Å². The van der Waals surface area contributed by atoms with E-state index in [0.717, 1.165) is 68.0 Å². The molecule has 0 N–H and O–H groups in total. The fraction of sp³-hybridized carbons (Fsp3) is 0.571. The Bertz CT molecular complexity index is 909. The van der Waals surface area contributed by atoms with Crippen molar-refractivity contribution < 1.29 is 9.26 Å². The molecule has 0 amide bonds. The molecule has 0 unspecified atom stereocenters. The Morgan fingerprint density at radius 1 is 1.25 bits per heavy atom. The van der Waals surface area contributed by atoms with E-state index in [4.69, 9.17) is 14.2 Å². The maximum Gasteiger partial charge on any atom is 0.230 e. The molecule has 0 bridgehead atoms. The van der Waals surface area contributed by atoms with Gasteiger partial charge in [-0.15, -0.1) is 0 Å². The van der Waals surface area contributed by atoms with Crippen LogP contribution in [0.5, 0.6) is 0 Å². The molecule has 28 heavy (non-hydrogen) atoms. The van der Waals surface area contributed by atoms with E-state index in [1.54, 1.807) is 0 Å². The summed E-state index contributed by atoms with van der Waals surface area (Å²) in [6, 6.07) is 6.53. The predicted molar refractivity (Wildman–Crippen MR) is 108 cm³/mol. The van der Waals surface area contributed by atoms with Crippen molar-refractivity contribution >= 4 is 10.9 Å². The Balaban J connectivity index is 1.45. The second-order valence-corrected chi connectivity index (χ2v) is 7.73. The van der Waals surface area contributed by atoms with Crippen LogP contribution in [0.25, 0.3) is 22.3 Å². The van der Waals surface area contributed by atoms with Gasteiger partial charge in [-0.3, -0.25) is 4.68 Å². The summed E-state index contributed by atoms with van der Waals surface area (Å²) < 4.78 is 13.1. The molecule has 7 nitrogen and oxygen atoms in total. The van der Waals surface area contributed by atoms with Crippen molar-refractivity contribution in [2.24, 2.45) is 0 Å². The van der Waals surface area contributed by atoms with E-state index >= 15 is 0 Å². The molecule has 1 saturated heterocycles. The van der Waals surface area contributed by atoms with Crippen LogP contribution in [-0.4, -0.2) is 57.7 Å². The van der Waals surface area contributed by atoms with E-state index in [1.807, 2.05) is 23.9 Å². The minimum atomic E-state index is 0.307. The average molecular weight is 383 g/mol. The molecule has 3 aromatic rings. The minimum Gasteiger partial charge on any atom is -0.380 e. The third-order valence-corrected chi connectivity index (χ3v) is 5.48. The Kier molecular flexibility index (Phi) is 5.73. The SMILES string of the molecule is CCOCCN1CCC(c2nc(-c3ccc4cnn(C(C)C)c4c3)no2)CC1. The summed E-state index contributed by atoms with van der Waals surface area (Å²) in [5.41, 5.74) is 2.07. The highest BCUT2D eigenvalue weighted by Crippen LogP contribution is 2.29. The van der Waals surface area contributed by atoms with E-state index in [0.29, 0.717) is 17.8 Å². The molecule has 7 heteroatoms. The molecule has 2 aromatic heterocycles. The number of hydrogen-bond acceptors (Lipinski definition) is 6. The third-order valence-electron chi connectivity index (χ3n) is 5.48. The van der Waals surface area contributed by atoms with Crippen LogP contribution in [-0.2, 0) is 4.74 Å². The van der Waals surface area contributed by atoms with Crippen molar-refractivity contribution in [2.75, 3.05) is 32.8 Å². The van der Waals surface area contributed by atoms with Crippen molar-refractivity contribution in [3.63, 3.8) is 0 Å². The van der Waals surface area contributed by atoms with E-state index < -0.39 is 0 Å². The number of ether oxygens (including phenoxy) is 1. The average Bonchev–Trinajstić information content (AvgIpc) is 3.35. The zero-order valence-electron chi connectivity index (χ0n) is 17.0. The van der Waals surface area contributed by atoms with Crippen LogP contribution >= 0.6 is 0 Å². The number of benzene rings is 1. The van der Waals surface area contributed by atoms with Crippen LogP contribution in [0.4, 0.5) is 0 Å². The lowest BCUT2D eigenvalue weighted by Gasteiger charge is -2.29. The van der Waals surface area contributed by atoms with Crippen molar-refractivity contribution in [1.82, 2.24) is 24.8 Å². The number of rotatable bonds is 7. The zero-order chi connectivity index (χ0) is 19.5. The quantitative estimate of drug-likeness (QED) is 0.577. The molecular weight excluding hydrogens is 354 g/mol. The van der Waals surface area contributed by atoms with Crippen LogP contribution in [0.3, 0.4) is 0 Å². The van der Waals surface area contributed by atoms with Gasteiger partial charge in [-0.1, -0.05) is 17.3 Å². The van der Waals surface area contributed by atoms with Crippen LogP contribution < -0.4 is 0 Å². The molecule has 3 heterocycles. The molecule has 1 aliphatic heterocycles. The second-order valence-electron chi connectivity index (χ2n) is 7.73. The highest BCUT2D eigenvalue weighted by atomic mass is 16.5. The van der Waals surface area contributed by atoms with Crippen LogP contribution in [0.2, 0.25) is 0 Å². The van der Waals surface area contributed by atoms with Gasteiger partial charge in [0.05, 0.1) is 18.3 Å². The monoisotopic (exact) mass is 383 g/mol. The van der Waals surface area contributed by atoms with Gasteiger partial charge in [-0.05, 0) is 52.8 Å².